The number of hydrogen-bond donors (Lipinski definition) is 1. The van der Waals surface area contributed by atoms with E-state index >= 15 is 0 Å². The SMILES string of the molecule is O=C(OCc1ccc(CO)cc1)Oc1ccccc1. The lowest BCUT2D eigenvalue weighted by atomic mass is 10.1. The molecule has 0 fully saturated rings. The summed E-state index contributed by atoms with van der Waals surface area (Å²) in [6.07, 6.45) is -0.738. The van der Waals surface area contributed by atoms with Crippen LogP contribution in [0.2, 0.25) is 0 Å². The predicted octanol–water partition coefficient (Wildman–Crippen LogP) is 2.89. The molecule has 0 aromatic heterocycles. The Bertz CT molecular complexity index is 520. The molecule has 98 valence electrons. The van der Waals surface area contributed by atoms with Crippen LogP contribution in [0.4, 0.5) is 4.79 Å². The third kappa shape index (κ3) is 4.12. The number of carbonyl (C=O) groups excluding carboxylic acids is 1. The number of rotatable bonds is 4. The first kappa shape index (κ1) is 13.1. The summed E-state index contributed by atoms with van der Waals surface area (Å²) >= 11 is 0. The van der Waals surface area contributed by atoms with Crippen molar-refractivity contribution in [3.63, 3.8) is 0 Å². The third-order valence-electron chi connectivity index (χ3n) is 2.51. The summed E-state index contributed by atoms with van der Waals surface area (Å²) in [6, 6.07) is 15.9. The first-order chi connectivity index (χ1) is 9.28. The largest absolute Gasteiger partial charge is 0.514 e. The lowest BCUT2D eigenvalue weighted by Crippen LogP contribution is -2.10. The molecule has 2 aromatic carbocycles. The summed E-state index contributed by atoms with van der Waals surface area (Å²) in [5.41, 5.74) is 1.65. The normalized spacial score (nSPS) is 9.95. The van der Waals surface area contributed by atoms with Crippen LogP contribution < -0.4 is 4.74 Å². The molecule has 0 aliphatic heterocycles. The van der Waals surface area contributed by atoms with Crippen LogP contribution in [0.5, 0.6) is 5.75 Å². The molecule has 0 bridgehead atoms. The summed E-state index contributed by atoms with van der Waals surface area (Å²) in [4.78, 5) is 11.4. The number of aliphatic hydroxyl groups excluding tert-OH is 1. The number of hydrogen-bond acceptors (Lipinski definition) is 4. The Morgan fingerprint density at radius 2 is 1.58 bits per heavy atom. The zero-order valence-corrected chi connectivity index (χ0v) is 10.3. The van der Waals surface area contributed by atoms with E-state index in [4.69, 9.17) is 14.6 Å². The first-order valence-corrected chi connectivity index (χ1v) is 5.86. The molecule has 1 N–H and O–H groups in total. The van der Waals surface area contributed by atoms with E-state index in [0.717, 1.165) is 11.1 Å². The van der Waals surface area contributed by atoms with Crippen molar-refractivity contribution >= 4 is 6.16 Å². The molecule has 0 saturated carbocycles. The van der Waals surface area contributed by atoms with E-state index in [9.17, 15) is 4.79 Å². The van der Waals surface area contributed by atoms with Crippen LogP contribution in [0.15, 0.2) is 54.6 Å². The molecule has 19 heavy (non-hydrogen) atoms. The molecule has 0 heterocycles. The maximum atomic E-state index is 11.4. The van der Waals surface area contributed by atoms with Crippen LogP contribution in [0.25, 0.3) is 0 Å². The van der Waals surface area contributed by atoms with Gasteiger partial charge in [-0.3, -0.25) is 0 Å². The Morgan fingerprint density at radius 3 is 2.21 bits per heavy atom. The summed E-state index contributed by atoms with van der Waals surface area (Å²) in [6.45, 7) is 0.133. The van der Waals surface area contributed by atoms with Crippen LogP contribution in [-0.2, 0) is 18.0 Å². The Kier molecular flexibility index (Phi) is 4.53. The van der Waals surface area contributed by atoms with Gasteiger partial charge in [-0.1, -0.05) is 42.5 Å². The van der Waals surface area contributed by atoms with E-state index in [1.165, 1.54) is 0 Å². The van der Waals surface area contributed by atoms with Crippen molar-refractivity contribution < 1.29 is 19.4 Å². The molecule has 0 amide bonds. The molecule has 2 rings (SSSR count). The van der Waals surface area contributed by atoms with Gasteiger partial charge in [0.25, 0.3) is 0 Å². The average molecular weight is 258 g/mol. The van der Waals surface area contributed by atoms with Crippen LogP contribution >= 0.6 is 0 Å². The number of aliphatic hydroxyl groups is 1. The maximum Gasteiger partial charge on any atom is 0.514 e. The maximum absolute atomic E-state index is 11.4. The molecule has 0 radical (unpaired) electrons. The average Bonchev–Trinajstić information content (AvgIpc) is 2.47. The predicted molar refractivity (Wildman–Crippen MR) is 69.6 cm³/mol. The van der Waals surface area contributed by atoms with E-state index < -0.39 is 6.16 Å². The zero-order chi connectivity index (χ0) is 13.5. The van der Waals surface area contributed by atoms with Gasteiger partial charge in [0, 0.05) is 0 Å². The number of para-hydroxylation sites is 1. The molecule has 0 saturated heterocycles. The molecule has 0 unspecified atom stereocenters. The second kappa shape index (κ2) is 6.56. The second-order valence-corrected chi connectivity index (χ2v) is 3.93. The van der Waals surface area contributed by atoms with Crippen LogP contribution in [-0.4, -0.2) is 11.3 Å². The van der Waals surface area contributed by atoms with Crippen molar-refractivity contribution in [3.05, 3.63) is 65.7 Å². The van der Waals surface area contributed by atoms with Crippen LogP contribution in [0.1, 0.15) is 11.1 Å². The monoisotopic (exact) mass is 258 g/mol. The van der Waals surface area contributed by atoms with Crippen molar-refractivity contribution in [2.75, 3.05) is 0 Å². The van der Waals surface area contributed by atoms with Gasteiger partial charge in [0.2, 0.25) is 0 Å². The lowest BCUT2D eigenvalue weighted by Gasteiger charge is -2.06. The Balaban J connectivity index is 1.83. The topological polar surface area (TPSA) is 55.8 Å². The Hall–Kier alpha value is -2.33. The van der Waals surface area contributed by atoms with Crippen molar-refractivity contribution in [1.82, 2.24) is 0 Å². The Morgan fingerprint density at radius 1 is 0.947 bits per heavy atom. The van der Waals surface area contributed by atoms with Crippen LogP contribution in [0, 0.1) is 0 Å². The molecule has 4 nitrogen and oxygen atoms in total. The molecule has 0 aliphatic rings. The van der Waals surface area contributed by atoms with Crippen molar-refractivity contribution in [1.29, 1.82) is 0 Å². The quantitative estimate of drug-likeness (QED) is 0.676. The van der Waals surface area contributed by atoms with Gasteiger partial charge in [0.15, 0.2) is 0 Å². The molecule has 0 atom stereocenters. The van der Waals surface area contributed by atoms with E-state index in [-0.39, 0.29) is 13.2 Å². The summed E-state index contributed by atoms with van der Waals surface area (Å²) < 4.78 is 9.96. The third-order valence-corrected chi connectivity index (χ3v) is 2.51. The Labute approximate surface area is 111 Å². The highest BCUT2D eigenvalue weighted by Crippen LogP contribution is 2.10. The molecule has 0 spiro atoms. The van der Waals surface area contributed by atoms with Gasteiger partial charge in [-0.15, -0.1) is 0 Å². The number of benzene rings is 2. The highest BCUT2D eigenvalue weighted by Gasteiger charge is 2.05. The fraction of sp³-hybridized carbons (Fsp3) is 0.133. The minimum atomic E-state index is -0.738. The number of ether oxygens (including phenoxy) is 2. The van der Waals surface area contributed by atoms with Gasteiger partial charge in [-0.2, -0.15) is 0 Å². The highest BCUT2D eigenvalue weighted by atomic mass is 16.7. The lowest BCUT2D eigenvalue weighted by molar-refractivity contribution is 0.0927. The van der Waals surface area contributed by atoms with Gasteiger partial charge >= 0.3 is 6.16 Å². The van der Waals surface area contributed by atoms with Crippen molar-refractivity contribution in [2.45, 2.75) is 13.2 Å². The van der Waals surface area contributed by atoms with E-state index in [1.54, 1.807) is 48.5 Å². The molecule has 2 aromatic rings. The molecular formula is C15H14O4. The smallest absolute Gasteiger partial charge is 0.429 e. The van der Waals surface area contributed by atoms with Gasteiger partial charge in [-0.05, 0) is 23.3 Å². The fourth-order valence-corrected chi connectivity index (χ4v) is 1.50. The zero-order valence-electron chi connectivity index (χ0n) is 10.3. The van der Waals surface area contributed by atoms with E-state index in [2.05, 4.69) is 0 Å². The highest BCUT2D eigenvalue weighted by molar-refractivity contribution is 5.63. The fourth-order valence-electron chi connectivity index (χ4n) is 1.50. The molecular weight excluding hydrogens is 244 g/mol. The number of carbonyl (C=O) groups is 1. The molecule has 0 aliphatic carbocycles. The van der Waals surface area contributed by atoms with Gasteiger partial charge in [-0.25, -0.2) is 4.79 Å². The standard InChI is InChI=1S/C15H14O4/c16-10-12-6-8-13(9-7-12)11-18-15(17)19-14-4-2-1-3-5-14/h1-9,16H,10-11H2. The summed E-state index contributed by atoms with van der Waals surface area (Å²) in [5, 5.41) is 8.91. The van der Waals surface area contributed by atoms with E-state index in [0.29, 0.717) is 5.75 Å². The minimum Gasteiger partial charge on any atom is -0.429 e. The summed E-state index contributed by atoms with van der Waals surface area (Å²) in [5.74, 6) is 0.447. The van der Waals surface area contributed by atoms with E-state index in [1.807, 2.05) is 6.07 Å². The van der Waals surface area contributed by atoms with Gasteiger partial charge < -0.3 is 14.6 Å². The van der Waals surface area contributed by atoms with Crippen molar-refractivity contribution in [3.8, 4) is 5.75 Å². The minimum absolute atomic E-state index is 0.00279. The van der Waals surface area contributed by atoms with Crippen LogP contribution in [0.3, 0.4) is 0 Å². The van der Waals surface area contributed by atoms with Gasteiger partial charge in [0.05, 0.1) is 6.61 Å². The first-order valence-electron chi connectivity index (χ1n) is 5.86. The summed E-state index contributed by atoms with van der Waals surface area (Å²) in [7, 11) is 0. The van der Waals surface area contributed by atoms with Gasteiger partial charge in [0.1, 0.15) is 12.4 Å². The molecule has 4 heteroatoms. The van der Waals surface area contributed by atoms with Crippen molar-refractivity contribution in [2.24, 2.45) is 0 Å². The second-order valence-electron chi connectivity index (χ2n) is 3.93.